The third-order valence-electron chi connectivity index (χ3n) is 4.63. The van der Waals surface area contributed by atoms with Crippen molar-refractivity contribution in [3.05, 3.63) is 65.9 Å². The van der Waals surface area contributed by atoms with E-state index in [4.69, 9.17) is 4.74 Å². The standard InChI is InChI=1S/C22H26N4O/c1-4-26(5-2)16-18-8-6-17(7-9-18)15-24-25-22-12-13-23-21-11-10-19(27-3)14-20(21)22/h6-15H,4-5,16H2,1-3H3,(H,23,25)/b24-15+. The molecule has 1 heterocycles. The van der Waals surface area contributed by atoms with Crippen LogP contribution in [0.2, 0.25) is 0 Å². The zero-order valence-corrected chi connectivity index (χ0v) is 16.1. The van der Waals surface area contributed by atoms with Crippen LogP contribution < -0.4 is 10.2 Å². The molecule has 3 aromatic rings. The molecule has 140 valence electrons. The summed E-state index contributed by atoms with van der Waals surface area (Å²) in [6.07, 6.45) is 3.60. The Kier molecular flexibility index (Phi) is 6.39. The monoisotopic (exact) mass is 362 g/mol. The molecule has 0 saturated carbocycles. The summed E-state index contributed by atoms with van der Waals surface area (Å²) in [4.78, 5) is 6.78. The van der Waals surface area contributed by atoms with Gasteiger partial charge in [-0.25, -0.2) is 0 Å². The zero-order chi connectivity index (χ0) is 19.1. The summed E-state index contributed by atoms with van der Waals surface area (Å²) in [6, 6.07) is 16.2. The number of nitrogens with zero attached hydrogens (tertiary/aromatic N) is 3. The van der Waals surface area contributed by atoms with Crippen molar-refractivity contribution in [1.29, 1.82) is 0 Å². The molecule has 5 nitrogen and oxygen atoms in total. The van der Waals surface area contributed by atoms with Crippen molar-refractivity contribution in [1.82, 2.24) is 9.88 Å². The number of methoxy groups -OCH3 is 1. The summed E-state index contributed by atoms with van der Waals surface area (Å²) < 4.78 is 5.31. The third-order valence-corrected chi connectivity index (χ3v) is 4.63. The van der Waals surface area contributed by atoms with Crippen molar-refractivity contribution in [2.45, 2.75) is 20.4 Å². The van der Waals surface area contributed by atoms with Gasteiger partial charge in [-0.1, -0.05) is 38.1 Å². The minimum Gasteiger partial charge on any atom is -0.497 e. The lowest BCUT2D eigenvalue weighted by atomic mass is 10.1. The number of rotatable bonds is 8. The molecule has 27 heavy (non-hydrogen) atoms. The second kappa shape index (κ2) is 9.14. The Morgan fingerprint density at radius 2 is 1.85 bits per heavy atom. The topological polar surface area (TPSA) is 49.8 Å². The third kappa shape index (κ3) is 4.83. The van der Waals surface area contributed by atoms with E-state index in [0.717, 1.165) is 47.5 Å². The Bertz CT molecular complexity index is 902. The molecule has 0 saturated heterocycles. The molecule has 1 N–H and O–H groups in total. The number of nitrogens with one attached hydrogen (secondary N) is 1. The number of anilines is 1. The highest BCUT2D eigenvalue weighted by atomic mass is 16.5. The summed E-state index contributed by atoms with van der Waals surface area (Å²) >= 11 is 0. The first-order valence-corrected chi connectivity index (χ1v) is 9.26. The number of pyridine rings is 1. The van der Waals surface area contributed by atoms with E-state index in [-0.39, 0.29) is 0 Å². The van der Waals surface area contributed by atoms with Crippen LogP contribution in [0.1, 0.15) is 25.0 Å². The van der Waals surface area contributed by atoms with Gasteiger partial charge in [-0.15, -0.1) is 0 Å². The molecule has 0 aliphatic carbocycles. The Balaban J connectivity index is 1.69. The number of hydrazone groups is 1. The summed E-state index contributed by atoms with van der Waals surface area (Å²) in [5.41, 5.74) is 7.29. The van der Waals surface area contributed by atoms with Crippen LogP contribution in [0.25, 0.3) is 10.9 Å². The van der Waals surface area contributed by atoms with Crippen LogP contribution >= 0.6 is 0 Å². The molecule has 0 bridgehead atoms. The van der Waals surface area contributed by atoms with Crippen molar-refractivity contribution in [2.75, 3.05) is 25.6 Å². The van der Waals surface area contributed by atoms with Crippen LogP contribution in [0.4, 0.5) is 5.69 Å². The van der Waals surface area contributed by atoms with Crippen LogP contribution in [0.5, 0.6) is 5.75 Å². The van der Waals surface area contributed by atoms with Crippen LogP contribution in [-0.4, -0.2) is 36.3 Å². The van der Waals surface area contributed by atoms with Crippen molar-refractivity contribution < 1.29 is 4.74 Å². The fourth-order valence-electron chi connectivity index (χ4n) is 2.94. The highest BCUT2D eigenvalue weighted by molar-refractivity contribution is 5.92. The minimum atomic E-state index is 0.798. The highest BCUT2D eigenvalue weighted by Gasteiger charge is 2.03. The van der Waals surface area contributed by atoms with Gasteiger partial charge < -0.3 is 4.74 Å². The van der Waals surface area contributed by atoms with E-state index >= 15 is 0 Å². The Morgan fingerprint density at radius 1 is 1.07 bits per heavy atom. The predicted molar refractivity (Wildman–Crippen MR) is 113 cm³/mol. The maximum Gasteiger partial charge on any atom is 0.119 e. The maximum absolute atomic E-state index is 5.31. The van der Waals surface area contributed by atoms with Gasteiger partial charge in [0.15, 0.2) is 0 Å². The molecule has 0 fully saturated rings. The van der Waals surface area contributed by atoms with E-state index in [1.165, 1.54) is 5.56 Å². The van der Waals surface area contributed by atoms with Crippen molar-refractivity contribution in [3.8, 4) is 5.75 Å². The summed E-state index contributed by atoms with van der Waals surface area (Å²) in [5, 5.41) is 5.36. The van der Waals surface area contributed by atoms with Crippen LogP contribution in [0.3, 0.4) is 0 Å². The fraction of sp³-hybridized carbons (Fsp3) is 0.273. The van der Waals surface area contributed by atoms with E-state index in [1.807, 2.05) is 30.5 Å². The molecule has 0 atom stereocenters. The lowest BCUT2D eigenvalue weighted by molar-refractivity contribution is 0.296. The molecule has 5 heteroatoms. The average Bonchev–Trinajstić information content (AvgIpc) is 2.73. The van der Waals surface area contributed by atoms with Gasteiger partial charge in [0, 0.05) is 18.1 Å². The number of hydrogen-bond donors (Lipinski definition) is 1. The lowest BCUT2D eigenvalue weighted by Gasteiger charge is -2.17. The molecule has 0 aliphatic rings. The number of hydrogen-bond acceptors (Lipinski definition) is 5. The van der Waals surface area contributed by atoms with Gasteiger partial charge >= 0.3 is 0 Å². The minimum absolute atomic E-state index is 0.798. The largest absolute Gasteiger partial charge is 0.497 e. The van der Waals surface area contributed by atoms with Gasteiger partial charge in [0.25, 0.3) is 0 Å². The first kappa shape index (κ1) is 18.9. The van der Waals surface area contributed by atoms with Gasteiger partial charge in [-0.2, -0.15) is 5.10 Å². The van der Waals surface area contributed by atoms with Gasteiger partial charge in [-0.05, 0) is 48.5 Å². The SMILES string of the molecule is CCN(CC)Cc1ccc(/C=N/Nc2ccnc3ccc(OC)cc23)cc1. The van der Waals surface area contributed by atoms with Gasteiger partial charge in [0.1, 0.15) is 5.75 Å². The molecule has 0 aliphatic heterocycles. The second-order valence-corrected chi connectivity index (χ2v) is 6.31. The predicted octanol–water partition coefficient (Wildman–Crippen LogP) is 4.53. The molecule has 3 rings (SSSR count). The fourth-order valence-corrected chi connectivity index (χ4v) is 2.94. The van der Waals surface area contributed by atoms with E-state index in [2.05, 4.69) is 58.5 Å². The van der Waals surface area contributed by atoms with Crippen LogP contribution in [-0.2, 0) is 6.54 Å². The van der Waals surface area contributed by atoms with Crippen molar-refractivity contribution in [3.63, 3.8) is 0 Å². The molecule has 0 amide bonds. The summed E-state index contributed by atoms with van der Waals surface area (Å²) in [7, 11) is 1.66. The van der Waals surface area contributed by atoms with Crippen LogP contribution in [0.15, 0.2) is 59.8 Å². The van der Waals surface area contributed by atoms with Gasteiger partial charge in [-0.3, -0.25) is 15.3 Å². The van der Waals surface area contributed by atoms with E-state index in [1.54, 1.807) is 13.3 Å². The Hall–Kier alpha value is -2.92. The number of ether oxygens (including phenoxy) is 1. The van der Waals surface area contributed by atoms with Crippen LogP contribution in [0, 0.1) is 0 Å². The summed E-state index contributed by atoms with van der Waals surface area (Å²) in [6.45, 7) is 7.49. The smallest absolute Gasteiger partial charge is 0.119 e. The molecule has 1 aromatic heterocycles. The normalized spacial score (nSPS) is 11.4. The lowest BCUT2D eigenvalue weighted by Crippen LogP contribution is -2.21. The van der Waals surface area contributed by atoms with Gasteiger partial charge in [0.05, 0.1) is 24.5 Å². The van der Waals surface area contributed by atoms with E-state index in [9.17, 15) is 0 Å². The van der Waals surface area contributed by atoms with Gasteiger partial charge in [0.2, 0.25) is 0 Å². The number of aromatic nitrogens is 1. The van der Waals surface area contributed by atoms with E-state index in [0.29, 0.717) is 0 Å². The first-order valence-electron chi connectivity index (χ1n) is 9.26. The molecule has 0 radical (unpaired) electrons. The molecular weight excluding hydrogens is 336 g/mol. The number of fused-ring (bicyclic) bond motifs is 1. The molecule has 0 spiro atoms. The molecule has 2 aromatic carbocycles. The maximum atomic E-state index is 5.31. The number of benzene rings is 2. The summed E-state index contributed by atoms with van der Waals surface area (Å²) in [5.74, 6) is 0.798. The van der Waals surface area contributed by atoms with E-state index < -0.39 is 0 Å². The zero-order valence-electron chi connectivity index (χ0n) is 16.1. The quantitative estimate of drug-likeness (QED) is 0.472. The Morgan fingerprint density at radius 3 is 2.56 bits per heavy atom. The second-order valence-electron chi connectivity index (χ2n) is 6.31. The Labute approximate surface area is 160 Å². The molecule has 0 unspecified atom stereocenters. The average molecular weight is 362 g/mol. The first-order chi connectivity index (χ1) is 13.2. The highest BCUT2D eigenvalue weighted by Crippen LogP contribution is 2.25. The van der Waals surface area contributed by atoms with Crippen molar-refractivity contribution >= 4 is 22.8 Å². The molecular formula is C22H26N4O. The van der Waals surface area contributed by atoms with Crippen molar-refractivity contribution in [2.24, 2.45) is 5.10 Å².